The van der Waals surface area contributed by atoms with E-state index in [0.29, 0.717) is 46.4 Å². The second-order valence-electron chi connectivity index (χ2n) is 9.33. The standard InChI is InChI=1S/C27H29F2N7O/c1-16-12-19(13-17(2)25(16)28)36-27(20-14-30-9-8-22(20)32-36)33(4)18(3)35(10-11-37)24-7-6-23-21(26(24)29)15-31-34(23)5/h6-7,11-13,15,30H,3,8-10,14H2,1-2,4-5H3. The van der Waals surface area contributed by atoms with Gasteiger partial charge in [-0.25, -0.2) is 13.5 Å². The first-order chi connectivity index (χ1) is 17.7. The quantitative estimate of drug-likeness (QED) is 0.384. The summed E-state index contributed by atoms with van der Waals surface area (Å²) in [6.45, 7) is 8.98. The normalized spacial score (nSPS) is 13.0. The van der Waals surface area contributed by atoms with Crippen molar-refractivity contribution in [2.45, 2.75) is 26.8 Å². The van der Waals surface area contributed by atoms with E-state index < -0.39 is 5.82 Å². The number of nitrogens with one attached hydrogen (secondary N) is 1. The predicted octanol–water partition coefficient (Wildman–Crippen LogP) is 3.91. The van der Waals surface area contributed by atoms with Gasteiger partial charge in [0.2, 0.25) is 0 Å². The van der Waals surface area contributed by atoms with Gasteiger partial charge in [0.1, 0.15) is 23.7 Å². The molecule has 0 saturated carbocycles. The molecule has 0 amide bonds. The van der Waals surface area contributed by atoms with Gasteiger partial charge >= 0.3 is 0 Å². The molecule has 37 heavy (non-hydrogen) atoms. The third kappa shape index (κ3) is 4.07. The predicted molar refractivity (Wildman–Crippen MR) is 140 cm³/mol. The smallest absolute Gasteiger partial charge is 0.157 e. The Hall–Kier alpha value is -4.05. The van der Waals surface area contributed by atoms with Crippen LogP contribution in [0.1, 0.15) is 22.4 Å². The Kier molecular flexibility index (Phi) is 6.28. The molecule has 0 spiro atoms. The first-order valence-electron chi connectivity index (χ1n) is 12.1. The molecule has 1 aliphatic heterocycles. The van der Waals surface area contributed by atoms with Crippen molar-refractivity contribution in [2.24, 2.45) is 7.05 Å². The fourth-order valence-electron chi connectivity index (χ4n) is 4.97. The molecule has 0 aliphatic carbocycles. The Bertz CT molecular complexity index is 1510. The number of nitrogens with zero attached hydrogens (tertiary/aromatic N) is 6. The average molecular weight is 506 g/mol. The van der Waals surface area contributed by atoms with Crippen LogP contribution in [0.4, 0.5) is 20.3 Å². The van der Waals surface area contributed by atoms with Crippen molar-refractivity contribution < 1.29 is 13.6 Å². The molecule has 4 aromatic rings. The van der Waals surface area contributed by atoms with Crippen molar-refractivity contribution in [2.75, 3.05) is 29.9 Å². The summed E-state index contributed by atoms with van der Waals surface area (Å²) in [5.41, 5.74) is 4.52. The number of hydrogen-bond donors (Lipinski definition) is 1. The first kappa shape index (κ1) is 24.6. The van der Waals surface area contributed by atoms with Gasteiger partial charge in [-0.1, -0.05) is 6.58 Å². The van der Waals surface area contributed by atoms with Crippen LogP contribution in [0.5, 0.6) is 0 Å². The molecule has 2 aromatic heterocycles. The summed E-state index contributed by atoms with van der Waals surface area (Å²) in [6, 6.07) is 6.91. The number of anilines is 2. The summed E-state index contributed by atoms with van der Waals surface area (Å²) in [6.07, 6.45) is 2.92. The van der Waals surface area contributed by atoms with Gasteiger partial charge in [0.15, 0.2) is 5.82 Å². The Morgan fingerprint density at radius 2 is 1.95 bits per heavy atom. The fraction of sp³-hybridized carbons (Fsp3) is 0.296. The Morgan fingerprint density at radius 3 is 2.65 bits per heavy atom. The SMILES string of the molecule is C=C(N(C)c1c2c(nn1-c1cc(C)c(F)c(C)c1)CCNC2)N(CC=O)c1ccc2c(cnn2C)c1F. The van der Waals surface area contributed by atoms with Crippen LogP contribution in [0.3, 0.4) is 0 Å². The molecule has 3 heterocycles. The molecule has 0 radical (unpaired) electrons. The number of rotatable bonds is 7. The minimum atomic E-state index is -0.482. The summed E-state index contributed by atoms with van der Waals surface area (Å²) in [5, 5.41) is 12.8. The molecule has 1 aliphatic rings. The minimum absolute atomic E-state index is 0.102. The van der Waals surface area contributed by atoms with Crippen LogP contribution in [0.25, 0.3) is 16.6 Å². The maximum atomic E-state index is 15.6. The molecule has 0 atom stereocenters. The molecule has 0 saturated heterocycles. The zero-order valence-electron chi connectivity index (χ0n) is 21.3. The summed E-state index contributed by atoms with van der Waals surface area (Å²) < 4.78 is 33.4. The first-order valence-corrected chi connectivity index (χ1v) is 12.1. The van der Waals surface area contributed by atoms with Gasteiger partial charge in [-0.2, -0.15) is 10.2 Å². The van der Waals surface area contributed by atoms with E-state index in [1.807, 2.05) is 11.9 Å². The van der Waals surface area contributed by atoms with E-state index in [-0.39, 0.29) is 18.0 Å². The summed E-state index contributed by atoms with van der Waals surface area (Å²) in [5.74, 6) is 0.375. The zero-order chi connectivity index (χ0) is 26.4. The third-order valence-corrected chi connectivity index (χ3v) is 6.96. The van der Waals surface area contributed by atoms with E-state index >= 15 is 4.39 Å². The molecular formula is C27H29F2N7O. The monoisotopic (exact) mass is 505 g/mol. The number of aldehydes is 1. The lowest BCUT2D eigenvalue weighted by Gasteiger charge is -2.33. The van der Waals surface area contributed by atoms with Crippen LogP contribution in [-0.2, 0) is 24.8 Å². The maximum Gasteiger partial charge on any atom is 0.157 e. The van der Waals surface area contributed by atoms with E-state index in [0.717, 1.165) is 30.0 Å². The summed E-state index contributed by atoms with van der Waals surface area (Å²) >= 11 is 0. The molecule has 1 N–H and O–H groups in total. The van der Waals surface area contributed by atoms with Crippen LogP contribution in [0.15, 0.2) is 42.9 Å². The van der Waals surface area contributed by atoms with Crippen LogP contribution >= 0.6 is 0 Å². The molecule has 0 unspecified atom stereocenters. The lowest BCUT2D eigenvalue weighted by molar-refractivity contribution is -0.106. The fourth-order valence-corrected chi connectivity index (χ4v) is 4.97. The number of benzene rings is 2. The molecule has 192 valence electrons. The van der Waals surface area contributed by atoms with Gasteiger partial charge in [0.05, 0.1) is 40.7 Å². The maximum absolute atomic E-state index is 15.6. The number of aryl methyl sites for hydroxylation is 3. The lowest BCUT2D eigenvalue weighted by Crippen LogP contribution is -2.36. The molecule has 8 nitrogen and oxygen atoms in total. The number of aromatic nitrogens is 4. The molecule has 10 heteroatoms. The highest BCUT2D eigenvalue weighted by Crippen LogP contribution is 2.35. The summed E-state index contributed by atoms with van der Waals surface area (Å²) in [4.78, 5) is 15.1. The van der Waals surface area contributed by atoms with E-state index in [1.165, 1.54) is 11.1 Å². The van der Waals surface area contributed by atoms with Gasteiger partial charge in [0, 0.05) is 39.2 Å². The molecule has 0 bridgehead atoms. The van der Waals surface area contributed by atoms with E-state index in [1.54, 1.807) is 54.5 Å². The topological polar surface area (TPSA) is 71.2 Å². The second-order valence-corrected chi connectivity index (χ2v) is 9.33. The van der Waals surface area contributed by atoms with E-state index in [9.17, 15) is 9.18 Å². The molecular weight excluding hydrogens is 476 g/mol. The number of carbonyl (C=O) groups is 1. The van der Waals surface area contributed by atoms with E-state index in [4.69, 9.17) is 5.10 Å². The van der Waals surface area contributed by atoms with Crippen molar-refractivity contribution in [1.29, 1.82) is 0 Å². The molecule has 0 fully saturated rings. The highest BCUT2D eigenvalue weighted by Gasteiger charge is 2.28. The van der Waals surface area contributed by atoms with Crippen molar-refractivity contribution >= 4 is 28.7 Å². The third-order valence-electron chi connectivity index (χ3n) is 6.96. The molecule has 5 rings (SSSR count). The van der Waals surface area contributed by atoms with Crippen molar-refractivity contribution in [3.8, 4) is 5.69 Å². The summed E-state index contributed by atoms with van der Waals surface area (Å²) in [7, 11) is 3.56. The largest absolute Gasteiger partial charge is 0.318 e. The second kappa shape index (κ2) is 9.44. The van der Waals surface area contributed by atoms with Gasteiger partial charge in [-0.15, -0.1) is 0 Å². The van der Waals surface area contributed by atoms with E-state index in [2.05, 4.69) is 17.0 Å². The van der Waals surface area contributed by atoms with Crippen LogP contribution < -0.4 is 15.1 Å². The molecule has 2 aromatic carbocycles. The van der Waals surface area contributed by atoms with Gasteiger partial charge < -0.3 is 19.9 Å². The minimum Gasteiger partial charge on any atom is -0.318 e. The van der Waals surface area contributed by atoms with Crippen LogP contribution in [-0.4, -0.2) is 46.0 Å². The number of carbonyl (C=O) groups excluding carboxylic acids is 1. The zero-order valence-corrected chi connectivity index (χ0v) is 21.3. The average Bonchev–Trinajstić information content (AvgIpc) is 3.46. The number of hydrogen-bond acceptors (Lipinski definition) is 6. The Morgan fingerprint density at radius 1 is 1.22 bits per heavy atom. The van der Waals surface area contributed by atoms with Crippen molar-refractivity contribution in [1.82, 2.24) is 24.9 Å². The Labute approximate surface area is 213 Å². The van der Waals surface area contributed by atoms with Crippen LogP contribution in [0.2, 0.25) is 0 Å². The van der Waals surface area contributed by atoms with Crippen LogP contribution in [0, 0.1) is 25.5 Å². The highest BCUT2D eigenvalue weighted by atomic mass is 19.1. The lowest BCUT2D eigenvalue weighted by atomic mass is 10.1. The van der Waals surface area contributed by atoms with Gasteiger partial charge in [0.25, 0.3) is 0 Å². The van der Waals surface area contributed by atoms with Crippen molar-refractivity contribution in [3.05, 3.63) is 76.9 Å². The van der Waals surface area contributed by atoms with Gasteiger partial charge in [-0.05, 0) is 49.2 Å². The van der Waals surface area contributed by atoms with Crippen molar-refractivity contribution in [3.63, 3.8) is 0 Å². The number of halogens is 2. The Balaban J connectivity index is 1.62. The van der Waals surface area contributed by atoms with Gasteiger partial charge in [-0.3, -0.25) is 4.68 Å². The number of fused-ring (bicyclic) bond motifs is 2. The highest BCUT2D eigenvalue weighted by molar-refractivity contribution is 5.85.